The van der Waals surface area contributed by atoms with Crippen molar-refractivity contribution in [2.45, 2.75) is 0 Å². The molecule has 0 fully saturated rings. The van der Waals surface area contributed by atoms with Crippen molar-refractivity contribution in [2.75, 3.05) is 0 Å². The standard InChI is InChI=1S/C40H31B5/c41-36-33(37(42)39(44)40(45)38(36)43)24-19-20-31-32(21-24)35(28-18-8-12-23-10-2-4-14-26(23)28)30-16-6-5-15-29(30)34(31)27-17-7-11-22-9-1-3-13-25(22)27/h1-21H,41-45H2. The molecule has 0 aromatic heterocycles. The molecule has 0 aliphatic heterocycles. The van der Waals surface area contributed by atoms with Gasteiger partial charge in [-0.1, -0.05) is 132 Å². The highest BCUT2D eigenvalue weighted by Gasteiger charge is 2.21. The Bertz CT molecular complexity index is 2460. The Balaban J connectivity index is 1.59. The van der Waals surface area contributed by atoms with Gasteiger partial charge in [0.2, 0.25) is 0 Å². The highest BCUT2D eigenvalue weighted by Crippen LogP contribution is 2.47. The minimum absolute atomic E-state index is 1.26. The van der Waals surface area contributed by atoms with Crippen molar-refractivity contribution in [1.29, 1.82) is 0 Å². The normalized spacial score (nSPS) is 11.6. The predicted molar refractivity (Wildman–Crippen MR) is 214 cm³/mol. The van der Waals surface area contributed by atoms with Gasteiger partial charge >= 0.3 is 0 Å². The molecule has 5 heteroatoms. The maximum Gasteiger partial charge on any atom is 0.139 e. The monoisotopic (exact) mass is 566 g/mol. The third-order valence-corrected chi connectivity index (χ3v) is 10.4. The number of hydrogen-bond donors (Lipinski definition) is 0. The Hall–Kier alpha value is -4.88. The number of benzene rings is 8. The van der Waals surface area contributed by atoms with Gasteiger partial charge < -0.3 is 0 Å². The Labute approximate surface area is 269 Å². The van der Waals surface area contributed by atoms with Crippen LogP contribution in [0.3, 0.4) is 0 Å². The molecule has 0 radical (unpaired) electrons. The lowest BCUT2D eigenvalue weighted by Crippen LogP contribution is -2.55. The second kappa shape index (κ2) is 10.6. The summed E-state index contributed by atoms with van der Waals surface area (Å²) in [7, 11) is 11.4. The van der Waals surface area contributed by atoms with Gasteiger partial charge in [0.15, 0.2) is 0 Å². The van der Waals surface area contributed by atoms with Crippen molar-refractivity contribution in [3.63, 3.8) is 0 Å². The molecule has 45 heavy (non-hydrogen) atoms. The molecular weight excluding hydrogens is 535 g/mol. The second-order valence-corrected chi connectivity index (χ2v) is 12.6. The Morgan fingerprint density at radius 1 is 0.289 bits per heavy atom. The van der Waals surface area contributed by atoms with Gasteiger partial charge in [0.1, 0.15) is 39.2 Å². The largest absolute Gasteiger partial charge is 0.139 e. The lowest BCUT2D eigenvalue weighted by atomic mass is 9.59. The summed E-state index contributed by atoms with van der Waals surface area (Å²) in [6.07, 6.45) is 0. The van der Waals surface area contributed by atoms with Gasteiger partial charge in [-0.2, -0.15) is 0 Å². The molecule has 0 bridgehead atoms. The summed E-state index contributed by atoms with van der Waals surface area (Å²) >= 11 is 0. The molecule has 0 saturated heterocycles. The first-order valence-electron chi connectivity index (χ1n) is 16.0. The van der Waals surface area contributed by atoms with E-state index in [0.29, 0.717) is 0 Å². The van der Waals surface area contributed by atoms with Gasteiger partial charge in [0.05, 0.1) is 0 Å². The zero-order valence-electron chi connectivity index (χ0n) is 26.6. The second-order valence-electron chi connectivity index (χ2n) is 12.6. The Kier molecular flexibility index (Phi) is 6.54. The average molecular weight is 566 g/mol. The molecule has 8 aromatic carbocycles. The van der Waals surface area contributed by atoms with E-state index in [-0.39, 0.29) is 0 Å². The fourth-order valence-corrected chi connectivity index (χ4v) is 7.73. The topological polar surface area (TPSA) is 0 Å². The van der Waals surface area contributed by atoms with Crippen LogP contribution in [-0.2, 0) is 0 Å². The lowest BCUT2D eigenvalue weighted by Gasteiger charge is -2.23. The van der Waals surface area contributed by atoms with E-state index in [9.17, 15) is 0 Å². The highest BCUT2D eigenvalue weighted by molar-refractivity contribution is 6.68. The van der Waals surface area contributed by atoms with E-state index in [1.807, 2.05) is 0 Å². The fourth-order valence-electron chi connectivity index (χ4n) is 7.73. The van der Waals surface area contributed by atoms with E-state index in [4.69, 9.17) is 0 Å². The summed E-state index contributed by atoms with van der Waals surface area (Å²) in [6, 6.07) is 47.3. The van der Waals surface area contributed by atoms with Gasteiger partial charge in [0, 0.05) is 0 Å². The molecule has 0 spiro atoms. The molecule has 206 valence electrons. The first kappa shape index (κ1) is 27.7. The summed E-state index contributed by atoms with van der Waals surface area (Å²) in [5, 5.41) is 10.2. The van der Waals surface area contributed by atoms with Crippen LogP contribution in [0.5, 0.6) is 0 Å². The van der Waals surface area contributed by atoms with Crippen molar-refractivity contribution in [1.82, 2.24) is 0 Å². The maximum absolute atomic E-state index is 2.48. The number of fused-ring (bicyclic) bond motifs is 4. The van der Waals surface area contributed by atoms with Crippen LogP contribution >= 0.6 is 0 Å². The minimum Gasteiger partial charge on any atom is -0.102 e. The zero-order valence-corrected chi connectivity index (χ0v) is 26.6. The van der Waals surface area contributed by atoms with Crippen molar-refractivity contribution in [3.05, 3.63) is 127 Å². The molecule has 0 unspecified atom stereocenters. The quantitative estimate of drug-likeness (QED) is 0.228. The molecular formula is C40H31B5. The van der Waals surface area contributed by atoms with Crippen molar-refractivity contribution in [3.8, 4) is 33.4 Å². The molecule has 0 aliphatic carbocycles. The van der Waals surface area contributed by atoms with E-state index in [1.54, 1.807) is 0 Å². The third-order valence-electron chi connectivity index (χ3n) is 10.4. The van der Waals surface area contributed by atoms with E-state index in [2.05, 4.69) is 167 Å². The van der Waals surface area contributed by atoms with Gasteiger partial charge in [0.25, 0.3) is 0 Å². The van der Waals surface area contributed by atoms with E-state index in [0.717, 1.165) is 0 Å². The van der Waals surface area contributed by atoms with Crippen molar-refractivity contribution < 1.29 is 0 Å². The molecule has 0 saturated carbocycles. The van der Waals surface area contributed by atoms with Crippen LogP contribution in [-0.4, -0.2) is 39.2 Å². The van der Waals surface area contributed by atoms with Crippen LogP contribution in [0.1, 0.15) is 0 Å². The first-order valence-corrected chi connectivity index (χ1v) is 16.0. The molecule has 0 amide bonds. The summed E-state index contributed by atoms with van der Waals surface area (Å²) in [5.74, 6) is 0. The summed E-state index contributed by atoms with van der Waals surface area (Å²) in [4.78, 5) is 0. The number of hydrogen-bond acceptors (Lipinski definition) is 0. The number of rotatable bonds is 3. The fraction of sp³-hybridized carbons (Fsp3) is 0. The summed E-state index contributed by atoms with van der Waals surface area (Å²) in [5.41, 5.74) is 14.7. The van der Waals surface area contributed by atoms with Crippen LogP contribution in [0.15, 0.2) is 127 Å². The van der Waals surface area contributed by atoms with Crippen LogP contribution < -0.4 is 27.3 Å². The van der Waals surface area contributed by atoms with Crippen LogP contribution in [0.25, 0.3) is 76.5 Å². The maximum atomic E-state index is 2.48. The molecule has 8 aromatic rings. The van der Waals surface area contributed by atoms with Gasteiger partial charge in [-0.3, -0.25) is 0 Å². The van der Waals surface area contributed by atoms with E-state index in [1.165, 1.54) is 104 Å². The van der Waals surface area contributed by atoms with Crippen molar-refractivity contribution >= 4 is 110 Å². The van der Waals surface area contributed by atoms with Crippen LogP contribution in [0.4, 0.5) is 0 Å². The molecule has 0 aliphatic rings. The minimum atomic E-state index is 1.26. The summed E-state index contributed by atoms with van der Waals surface area (Å²) in [6.45, 7) is 0. The average Bonchev–Trinajstić information content (AvgIpc) is 3.08. The molecule has 0 N–H and O–H groups in total. The van der Waals surface area contributed by atoms with Gasteiger partial charge in [-0.25, -0.2) is 0 Å². The molecule has 8 rings (SSSR count). The first-order chi connectivity index (χ1) is 21.9. The summed E-state index contributed by atoms with van der Waals surface area (Å²) < 4.78 is 0. The van der Waals surface area contributed by atoms with Crippen molar-refractivity contribution in [2.24, 2.45) is 0 Å². The Morgan fingerprint density at radius 2 is 0.689 bits per heavy atom. The SMILES string of the molecule is Bc1c(B)c(B)c(-c2ccc3c(-c4cccc5ccccc45)c4ccccc4c(-c4cccc5ccccc45)c3c2)c(B)c1B. The van der Waals surface area contributed by atoms with E-state index >= 15 is 0 Å². The predicted octanol–water partition coefficient (Wildman–Crippen LogP) is 2.59. The van der Waals surface area contributed by atoms with Gasteiger partial charge in [-0.05, 0) is 82.5 Å². The molecule has 0 nitrogen and oxygen atoms in total. The molecule has 0 heterocycles. The molecule has 0 atom stereocenters. The lowest BCUT2D eigenvalue weighted by molar-refractivity contribution is 1.68. The van der Waals surface area contributed by atoms with E-state index < -0.39 is 0 Å². The zero-order chi connectivity index (χ0) is 30.8. The Morgan fingerprint density at radius 3 is 1.22 bits per heavy atom. The smallest absolute Gasteiger partial charge is 0.102 e. The highest BCUT2D eigenvalue weighted by atomic mass is 14.2. The van der Waals surface area contributed by atoms with Crippen LogP contribution in [0.2, 0.25) is 0 Å². The van der Waals surface area contributed by atoms with Gasteiger partial charge in [-0.15, -0.1) is 16.4 Å². The third kappa shape index (κ3) is 4.21. The van der Waals surface area contributed by atoms with Crippen LogP contribution in [0, 0.1) is 0 Å².